The largest absolute Gasteiger partial charge is 0.312 e. The van der Waals surface area contributed by atoms with Crippen molar-refractivity contribution in [3.63, 3.8) is 0 Å². The standard InChI is InChI=1S/C12H12N4O/c17-11-2-1-7-16(11)10-5-3-9(4-6-10)12-13-8-14-15-12/h3-6,8H,1-2,7H2,(H,13,14,15). The van der Waals surface area contributed by atoms with E-state index in [9.17, 15) is 4.79 Å². The van der Waals surface area contributed by atoms with Gasteiger partial charge >= 0.3 is 0 Å². The van der Waals surface area contributed by atoms with Gasteiger partial charge in [-0.1, -0.05) is 0 Å². The van der Waals surface area contributed by atoms with E-state index in [-0.39, 0.29) is 5.91 Å². The molecule has 1 aromatic carbocycles. The Hall–Kier alpha value is -2.17. The van der Waals surface area contributed by atoms with Gasteiger partial charge in [-0.2, -0.15) is 5.10 Å². The molecule has 0 saturated carbocycles. The first-order chi connectivity index (χ1) is 8.34. The third-order valence-corrected chi connectivity index (χ3v) is 2.94. The van der Waals surface area contributed by atoms with E-state index in [2.05, 4.69) is 15.2 Å². The zero-order chi connectivity index (χ0) is 11.7. The Morgan fingerprint density at radius 1 is 1.24 bits per heavy atom. The molecule has 0 radical (unpaired) electrons. The van der Waals surface area contributed by atoms with Gasteiger partial charge in [0.05, 0.1) is 0 Å². The fourth-order valence-corrected chi connectivity index (χ4v) is 2.06. The molecule has 1 amide bonds. The van der Waals surface area contributed by atoms with Crippen LogP contribution < -0.4 is 4.90 Å². The summed E-state index contributed by atoms with van der Waals surface area (Å²) in [4.78, 5) is 17.5. The first-order valence-corrected chi connectivity index (χ1v) is 5.61. The third kappa shape index (κ3) is 1.80. The lowest BCUT2D eigenvalue weighted by atomic mass is 10.2. The van der Waals surface area contributed by atoms with Gasteiger partial charge in [0.2, 0.25) is 5.91 Å². The number of aromatic amines is 1. The quantitative estimate of drug-likeness (QED) is 0.849. The van der Waals surface area contributed by atoms with Gasteiger partial charge in [0.15, 0.2) is 5.82 Å². The highest BCUT2D eigenvalue weighted by molar-refractivity contribution is 5.95. The summed E-state index contributed by atoms with van der Waals surface area (Å²) in [6.07, 6.45) is 3.08. The predicted molar refractivity (Wildman–Crippen MR) is 63.4 cm³/mol. The molecule has 0 unspecified atom stereocenters. The first kappa shape index (κ1) is 10.0. The number of hydrogen-bond acceptors (Lipinski definition) is 3. The highest BCUT2D eigenvalue weighted by Gasteiger charge is 2.21. The average Bonchev–Trinajstić information content (AvgIpc) is 3.00. The second-order valence-electron chi connectivity index (χ2n) is 4.03. The van der Waals surface area contributed by atoms with Crippen LogP contribution in [0.25, 0.3) is 11.4 Å². The van der Waals surface area contributed by atoms with Gasteiger partial charge in [-0.25, -0.2) is 4.98 Å². The predicted octanol–water partition coefficient (Wildman–Crippen LogP) is 1.60. The van der Waals surface area contributed by atoms with E-state index in [0.29, 0.717) is 6.42 Å². The van der Waals surface area contributed by atoms with Crippen molar-refractivity contribution in [3.05, 3.63) is 30.6 Å². The number of benzene rings is 1. The van der Waals surface area contributed by atoms with E-state index >= 15 is 0 Å². The van der Waals surface area contributed by atoms with Crippen molar-refractivity contribution in [1.29, 1.82) is 0 Å². The van der Waals surface area contributed by atoms with Crippen molar-refractivity contribution >= 4 is 11.6 Å². The number of anilines is 1. The van der Waals surface area contributed by atoms with Crippen LogP contribution in [0.1, 0.15) is 12.8 Å². The molecule has 0 bridgehead atoms. The molecule has 0 atom stereocenters. The summed E-state index contributed by atoms with van der Waals surface area (Å²) < 4.78 is 0. The number of nitrogens with zero attached hydrogens (tertiary/aromatic N) is 3. The number of rotatable bonds is 2. The van der Waals surface area contributed by atoms with E-state index < -0.39 is 0 Å². The molecule has 17 heavy (non-hydrogen) atoms. The molecular formula is C12H12N4O. The highest BCUT2D eigenvalue weighted by atomic mass is 16.2. The lowest BCUT2D eigenvalue weighted by molar-refractivity contribution is -0.117. The topological polar surface area (TPSA) is 61.9 Å². The summed E-state index contributed by atoms with van der Waals surface area (Å²) in [7, 11) is 0. The molecule has 0 spiro atoms. The smallest absolute Gasteiger partial charge is 0.227 e. The summed E-state index contributed by atoms with van der Waals surface area (Å²) in [5.41, 5.74) is 1.92. The van der Waals surface area contributed by atoms with Crippen LogP contribution in [-0.4, -0.2) is 27.6 Å². The van der Waals surface area contributed by atoms with E-state index in [1.807, 2.05) is 29.2 Å². The van der Waals surface area contributed by atoms with E-state index in [0.717, 1.165) is 30.0 Å². The molecule has 5 heteroatoms. The van der Waals surface area contributed by atoms with Gasteiger partial charge in [-0.15, -0.1) is 0 Å². The number of carbonyl (C=O) groups excluding carboxylic acids is 1. The van der Waals surface area contributed by atoms with Gasteiger partial charge in [0.1, 0.15) is 6.33 Å². The molecule has 5 nitrogen and oxygen atoms in total. The Morgan fingerprint density at radius 2 is 2.06 bits per heavy atom. The summed E-state index contributed by atoms with van der Waals surface area (Å²) >= 11 is 0. The Bertz CT molecular complexity index is 518. The molecule has 2 heterocycles. The number of nitrogens with one attached hydrogen (secondary N) is 1. The number of hydrogen-bond donors (Lipinski definition) is 1. The zero-order valence-corrected chi connectivity index (χ0v) is 9.26. The maximum atomic E-state index is 11.6. The fourth-order valence-electron chi connectivity index (χ4n) is 2.06. The molecule has 1 aliphatic heterocycles. The molecule has 1 N–H and O–H groups in total. The van der Waals surface area contributed by atoms with Crippen molar-refractivity contribution in [2.24, 2.45) is 0 Å². The Kier molecular flexibility index (Phi) is 2.36. The van der Waals surface area contributed by atoms with Crippen molar-refractivity contribution in [2.75, 3.05) is 11.4 Å². The third-order valence-electron chi connectivity index (χ3n) is 2.94. The number of H-pyrrole nitrogens is 1. The number of aromatic nitrogens is 3. The SMILES string of the molecule is O=C1CCCN1c1ccc(-c2ncn[nH]2)cc1. The average molecular weight is 228 g/mol. The first-order valence-electron chi connectivity index (χ1n) is 5.61. The molecule has 1 fully saturated rings. The maximum Gasteiger partial charge on any atom is 0.227 e. The molecule has 2 aromatic rings. The second kappa shape index (κ2) is 4.01. The van der Waals surface area contributed by atoms with Crippen LogP contribution >= 0.6 is 0 Å². The molecule has 1 aliphatic rings. The summed E-state index contributed by atoms with van der Waals surface area (Å²) in [6.45, 7) is 0.820. The summed E-state index contributed by atoms with van der Waals surface area (Å²) in [6, 6.07) is 7.78. The Labute approximate surface area is 98.5 Å². The van der Waals surface area contributed by atoms with E-state index in [1.54, 1.807) is 0 Å². The van der Waals surface area contributed by atoms with Gasteiger partial charge < -0.3 is 4.90 Å². The van der Waals surface area contributed by atoms with Gasteiger partial charge in [0.25, 0.3) is 0 Å². The minimum absolute atomic E-state index is 0.206. The van der Waals surface area contributed by atoms with Crippen molar-refractivity contribution in [2.45, 2.75) is 12.8 Å². The zero-order valence-electron chi connectivity index (χ0n) is 9.26. The van der Waals surface area contributed by atoms with Gasteiger partial charge in [-0.05, 0) is 30.7 Å². The van der Waals surface area contributed by atoms with Crippen molar-refractivity contribution in [1.82, 2.24) is 15.2 Å². The van der Waals surface area contributed by atoms with Crippen LogP contribution in [0.5, 0.6) is 0 Å². The van der Waals surface area contributed by atoms with Crippen LogP contribution in [0.15, 0.2) is 30.6 Å². The van der Waals surface area contributed by atoms with Gasteiger partial charge in [-0.3, -0.25) is 9.89 Å². The molecule has 1 saturated heterocycles. The lowest BCUT2D eigenvalue weighted by Gasteiger charge is -2.15. The summed E-state index contributed by atoms with van der Waals surface area (Å²) in [5, 5.41) is 6.62. The van der Waals surface area contributed by atoms with Crippen LogP contribution in [0.2, 0.25) is 0 Å². The lowest BCUT2D eigenvalue weighted by Crippen LogP contribution is -2.23. The number of amides is 1. The van der Waals surface area contributed by atoms with E-state index in [1.165, 1.54) is 6.33 Å². The van der Waals surface area contributed by atoms with Crippen LogP contribution in [-0.2, 0) is 4.79 Å². The normalized spacial score (nSPS) is 15.5. The van der Waals surface area contributed by atoms with Crippen molar-refractivity contribution in [3.8, 4) is 11.4 Å². The fraction of sp³-hybridized carbons (Fsp3) is 0.250. The molecule has 1 aromatic heterocycles. The van der Waals surface area contributed by atoms with Crippen LogP contribution in [0.3, 0.4) is 0 Å². The van der Waals surface area contributed by atoms with Crippen molar-refractivity contribution < 1.29 is 4.79 Å². The van der Waals surface area contributed by atoms with Gasteiger partial charge in [0, 0.05) is 24.2 Å². The second-order valence-corrected chi connectivity index (χ2v) is 4.03. The highest BCUT2D eigenvalue weighted by Crippen LogP contribution is 2.23. The molecular weight excluding hydrogens is 216 g/mol. The summed E-state index contributed by atoms with van der Waals surface area (Å²) in [5.74, 6) is 0.946. The molecule has 86 valence electrons. The molecule has 3 rings (SSSR count). The Morgan fingerprint density at radius 3 is 2.65 bits per heavy atom. The number of carbonyl (C=O) groups is 1. The van der Waals surface area contributed by atoms with E-state index in [4.69, 9.17) is 0 Å². The minimum atomic E-state index is 0.206. The van der Waals surface area contributed by atoms with Crippen LogP contribution in [0, 0.1) is 0 Å². The Balaban J connectivity index is 1.87. The van der Waals surface area contributed by atoms with Crippen LogP contribution in [0.4, 0.5) is 5.69 Å². The minimum Gasteiger partial charge on any atom is -0.312 e. The maximum absolute atomic E-state index is 11.6. The monoisotopic (exact) mass is 228 g/mol. The molecule has 0 aliphatic carbocycles.